The summed E-state index contributed by atoms with van der Waals surface area (Å²) in [6, 6.07) is 5.81. The van der Waals surface area contributed by atoms with Crippen molar-refractivity contribution >= 4 is 16.8 Å². The predicted molar refractivity (Wildman–Crippen MR) is 114 cm³/mol. The van der Waals surface area contributed by atoms with Crippen molar-refractivity contribution < 1.29 is 19.7 Å². The standard InChI is InChI=1S/C21H25N5O6/c1-12-22-7-9-25(12)8-6-17(27)23-14-11-32-16(19(29)18(14)28)10-26-15-5-3-2-4-13(15)20(30)24-21(26)31/h2-5,7,9,14,16,18-19,28-29H,6,8,10-11H2,1H3,(H,23,27)(H,24,30,31)/t14-,16-,18+,19-/m1/s1. The molecule has 0 bridgehead atoms. The number of carbonyl (C=O) groups excluding carboxylic acids is 1. The molecule has 4 atom stereocenters. The molecule has 0 unspecified atom stereocenters. The van der Waals surface area contributed by atoms with Crippen molar-refractivity contribution in [3.63, 3.8) is 0 Å². The van der Waals surface area contributed by atoms with Gasteiger partial charge < -0.3 is 24.8 Å². The maximum absolute atomic E-state index is 12.4. The summed E-state index contributed by atoms with van der Waals surface area (Å²) in [7, 11) is 0. The van der Waals surface area contributed by atoms with Crippen molar-refractivity contribution in [2.75, 3.05) is 6.61 Å². The first-order valence-corrected chi connectivity index (χ1v) is 10.3. The van der Waals surface area contributed by atoms with Crippen molar-refractivity contribution in [1.82, 2.24) is 24.4 Å². The Morgan fingerprint density at radius 2 is 2.06 bits per heavy atom. The first-order valence-electron chi connectivity index (χ1n) is 10.3. The number of rotatable bonds is 6. The van der Waals surface area contributed by atoms with Gasteiger partial charge in [0.05, 0.1) is 30.1 Å². The molecule has 1 aliphatic rings. The minimum Gasteiger partial charge on any atom is -0.388 e. The van der Waals surface area contributed by atoms with Crippen molar-refractivity contribution in [1.29, 1.82) is 0 Å². The normalized spacial score (nSPS) is 23.3. The summed E-state index contributed by atoms with van der Waals surface area (Å²) < 4.78 is 8.82. The summed E-state index contributed by atoms with van der Waals surface area (Å²) in [6.07, 6.45) is 0.0782. The van der Waals surface area contributed by atoms with Crippen LogP contribution in [-0.4, -0.2) is 66.2 Å². The monoisotopic (exact) mass is 443 g/mol. The Kier molecular flexibility index (Phi) is 6.21. The van der Waals surface area contributed by atoms with Crippen molar-refractivity contribution in [3.05, 3.63) is 63.3 Å². The van der Waals surface area contributed by atoms with E-state index in [1.807, 2.05) is 11.5 Å². The Balaban J connectivity index is 1.41. The van der Waals surface area contributed by atoms with E-state index in [2.05, 4.69) is 15.3 Å². The number of nitrogens with zero attached hydrogens (tertiary/aromatic N) is 3. The fourth-order valence-corrected chi connectivity index (χ4v) is 3.91. The van der Waals surface area contributed by atoms with Crippen molar-refractivity contribution in [2.45, 2.75) is 50.8 Å². The van der Waals surface area contributed by atoms with Gasteiger partial charge in [0.25, 0.3) is 5.56 Å². The minimum absolute atomic E-state index is 0.0330. The third-order valence-electron chi connectivity index (χ3n) is 5.75. The van der Waals surface area contributed by atoms with E-state index in [-0.39, 0.29) is 25.5 Å². The molecule has 170 valence electrons. The summed E-state index contributed by atoms with van der Waals surface area (Å²) in [6.45, 7) is 2.17. The maximum atomic E-state index is 12.4. The molecule has 1 fully saturated rings. The van der Waals surface area contributed by atoms with Crippen LogP contribution in [-0.2, 0) is 22.6 Å². The average Bonchev–Trinajstić information content (AvgIpc) is 3.19. The van der Waals surface area contributed by atoms with E-state index in [1.54, 1.807) is 36.7 Å². The highest BCUT2D eigenvalue weighted by Crippen LogP contribution is 2.18. The number of aromatic nitrogens is 4. The molecule has 2 aromatic heterocycles. The molecule has 1 aliphatic heterocycles. The van der Waals surface area contributed by atoms with Crippen LogP contribution in [0.25, 0.3) is 10.9 Å². The summed E-state index contributed by atoms with van der Waals surface area (Å²) in [5.41, 5.74) is -0.735. The molecule has 1 saturated heterocycles. The summed E-state index contributed by atoms with van der Waals surface area (Å²) in [5.74, 6) is 0.501. The summed E-state index contributed by atoms with van der Waals surface area (Å²) in [5, 5.41) is 24.2. The molecule has 0 spiro atoms. The maximum Gasteiger partial charge on any atom is 0.328 e. The van der Waals surface area contributed by atoms with Crippen LogP contribution in [0.15, 0.2) is 46.2 Å². The van der Waals surface area contributed by atoms with E-state index in [9.17, 15) is 24.6 Å². The number of aryl methyl sites for hydroxylation is 2. The van der Waals surface area contributed by atoms with Crippen LogP contribution in [0.1, 0.15) is 12.2 Å². The van der Waals surface area contributed by atoms with Crippen LogP contribution >= 0.6 is 0 Å². The zero-order valence-corrected chi connectivity index (χ0v) is 17.5. The third kappa shape index (κ3) is 4.35. The first kappa shape index (κ1) is 21.9. The average molecular weight is 443 g/mol. The van der Waals surface area contributed by atoms with Crippen LogP contribution < -0.4 is 16.6 Å². The molecule has 1 amide bonds. The number of hydrogen-bond acceptors (Lipinski definition) is 7. The number of fused-ring (bicyclic) bond motifs is 1. The topological polar surface area (TPSA) is 151 Å². The molecule has 0 saturated carbocycles. The lowest BCUT2D eigenvalue weighted by Crippen LogP contribution is -2.60. The number of benzene rings is 1. The van der Waals surface area contributed by atoms with Crippen LogP contribution in [0.4, 0.5) is 0 Å². The lowest BCUT2D eigenvalue weighted by molar-refractivity contribution is -0.158. The van der Waals surface area contributed by atoms with Crippen molar-refractivity contribution in [2.24, 2.45) is 0 Å². The Labute approximate surface area is 182 Å². The van der Waals surface area contributed by atoms with Gasteiger partial charge in [0.2, 0.25) is 5.91 Å². The highest BCUT2D eigenvalue weighted by Gasteiger charge is 2.39. The van der Waals surface area contributed by atoms with Crippen LogP contribution in [0.5, 0.6) is 0 Å². The molecular weight excluding hydrogens is 418 g/mol. The number of amides is 1. The van der Waals surface area contributed by atoms with E-state index >= 15 is 0 Å². The van der Waals surface area contributed by atoms with Gasteiger partial charge in [-0.05, 0) is 19.1 Å². The Morgan fingerprint density at radius 1 is 1.28 bits per heavy atom. The summed E-state index contributed by atoms with van der Waals surface area (Å²) >= 11 is 0. The number of imidazole rings is 1. The second-order valence-corrected chi connectivity index (χ2v) is 7.83. The summed E-state index contributed by atoms with van der Waals surface area (Å²) in [4.78, 5) is 43.0. The van der Waals surface area contributed by atoms with E-state index in [0.29, 0.717) is 17.4 Å². The number of para-hydroxylation sites is 1. The number of aliphatic hydroxyl groups excluding tert-OH is 2. The quantitative estimate of drug-likeness (QED) is 0.377. The van der Waals surface area contributed by atoms with Crippen LogP contribution in [0.3, 0.4) is 0 Å². The van der Waals surface area contributed by atoms with Gasteiger partial charge in [0, 0.05) is 25.4 Å². The Bertz CT molecular complexity index is 1230. The van der Waals surface area contributed by atoms with E-state index < -0.39 is 35.6 Å². The minimum atomic E-state index is -1.34. The molecule has 0 radical (unpaired) electrons. The lowest BCUT2D eigenvalue weighted by atomic mass is 9.97. The number of aromatic amines is 1. The largest absolute Gasteiger partial charge is 0.388 e. The fraction of sp³-hybridized carbons (Fsp3) is 0.429. The number of ether oxygens (including phenoxy) is 1. The van der Waals surface area contributed by atoms with Gasteiger partial charge in [-0.2, -0.15) is 0 Å². The van der Waals surface area contributed by atoms with Gasteiger partial charge in [-0.3, -0.25) is 19.1 Å². The second-order valence-electron chi connectivity index (χ2n) is 7.83. The van der Waals surface area contributed by atoms with E-state index in [0.717, 1.165) is 5.82 Å². The zero-order chi connectivity index (χ0) is 22.8. The third-order valence-corrected chi connectivity index (χ3v) is 5.75. The van der Waals surface area contributed by atoms with E-state index in [1.165, 1.54) is 4.57 Å². The lowest BCUT2D eigenvalue weighted by Gasteiger charge is -2.38. The molecule has 3 heterocycles. The van der Waals surface area contributed by atoms with Gasteiger partial charge >= 0.3 is 5.69 Å². The highest BCUT2D eigenvalue weighted by molar-refractivity contribution is 5.77. The molecule has 0 aliphatic carbocycles. The van der Waals surface area contributed by atoms with Gasteiger partial charge in [-0.1, -0.05) is 12.1 Å². The number of hydrogen-bond donors (Lipinski definition) is 4. The Morgan fingerprint density at radius 3 is 2.81 bits per heavy atom. The zero-order valence-electron chi connectivity index (χ0n) is 17.5. The molecular formula is C21H25N5O6. The smallest absolute Gasteiger partial charge is 0.328 e. The molecule has 4 rings (SSSR count). The number of carbonyl (C=O) groups is 1. The second kappa shape index (κ2) is 9.07. The predicted octanol–water partition coefficient (Wildman–Crippen LogP) is -1.11. The van der Waals surface area contributed by atoms with Gasteiger partial charge in [-0.15, -0.1) is 0 Å². The molecule has 32 heavy (non-hydrogen) atoms. The molecule has 4 N–H and O–H groups in total. The van der Waals surface area contributed by atoms with E-state index in [4.69, 9.17) is 4.74 Å². The van der Waals surface area contributed by atoms with Crippen LogP contribution in [0.2, 0.25) is 0 Å². The SMILES string of the molecule is Cc1nccn1CCC(=O)N[C@@H]1CO[C@H](Cn2c(=O)[nH]c(=O)c3ccccc32)[C@@H](O)[C@H]1O. The van der Waals surface area contributed by atoms with Gasteiger partial charge in [-0.25, -0.2) is 9.78 Å². The van der Waals surface area contributed by atoms with Gasteiger partial charge in [0.1, 0.15) is 24.1 Å². The fourth-order valence-electron chi connectivity index (χ4n) is 3.91. The van der Waals surface area contributed by atoms with Crippen molar-refractivity contribution in [3.8, 4) is 0 Å². The first-order chi connectivity index (χ1) is 15.3. The molecule has 11 heteroatoms. The number of aliphatic hydroxyl groups is 2. The molecule has 1 aromatic carbocycles. The van der Waals surface area contributed by atoms with Gasteiger partial charge in [0.15, 0.2) is 0 Å². The Hall–Kier alpha value is -3.28. The number of nitrogens with one attached hydrogen (secondary N) is 2. The molecule has 11 nitrogen and oxygen atoms in total. The number of H-pyrrole nitrogens is 1. The molecule has 3 aromatic rings. The highest BCUT2D eigenvalue weighted by atomic mass is 16.5. The van der Waals surface area contributed by atoms with Crippen LogP contribution in [0, 0.1) is 6.92 Å².